The summed E-state index contributed by atoms with van der Waals surface area (Å²) in [6, 6.07) is 0. The Morgan fingerprint density at radius 2 is 1.72 bits per heavy atom. The fourth-order valence-electron chi connectivity index (χ4n) is 3.56. The van der Waals surface area contributed by atoms with Crippen LogP contribution >= 0.6 is 0 Å². The number of likely N-dealkylation sites (N-methyl/N-ethyl adjacent to an activating group) is 1. The molecule has 0 bridgehead atoms. The van der Waals surface area contributed by atoms with Crippen molar-refractivity contribution in [2.45, 2.75) is 26.3 Å². The molecule has 2 aromatic heterocycles. The molecule has 0 aromatic carbocycles. The molecule has 0 N–H and O–H groups in total. The van der Waals surface area contributed by atoms with Crippen molar-refractivity contribution in [1.29, 1.82) is 0 Å². The molecule has 0 saturated carbocycles. The highest BCUT2D eigenvalue weighted by molar-refractivity contribution is 5.74. The van der Waals surface area contributed by atoms with Crippen LogP contribution in [-0.2, 0) is 20.6 Å². The number of imidazole rings is 1. The van der Waals surface area contributed by atoms with E-state index >= 15 is 0 Å². The third-order valence-corrected chi connectivity index (χ3v) is 5.38. The molecule has 2 aromatic rings. The van der Waals surface area contributed by atoms with Crippen LogP contribution in [0, 0.1) is 0 Å². The molecule has 9 heteroatoms. The Morgan fingerprint density at radius 1 is 1.03 bits per heavy atom. The van der Waals surface area contributed by atoms with Crippen LogP contribution in [0.4, 0.5) is 10.3 Å². The number of fused-ring (bicyclic) bond motifs is 1. The lowest BCUT2D eigenvalue weighted by atomic mass is 10.2. The molecule has 1 aliphatic heterocycles. The number of aromatic nitrogens is 4. The Morgan fingerprint density at radius 3 is 2.24 bits per heavy atom. The second-order valence-corrected chi connectivity index (χ2v) is 7.39. The predicted molar refractivity (Wildman–Crippen MR) is 113 cm³/mol. The van der Waals surface area contributed by atoms with Gasteiger partial charge in [0, 0.05) is 46.8 Å². The van der Waals surface area contributed by atoms with Crippen molar-refractivity contribution in [1.82, 2.24) is 23.6 Å². The highest BCUT2D eigenvalue weighted by Gasteiger charge is 2.23. The summed E-state index contributed by atoms with van der Waals surface area (Å²) in [5, 5.41) is 0. The Labute approximate surface area is 169 Å². The van der Waals surface area contributed by atoms with Gasteiger partial charge in [0.15, 0.2) is 11.2 Å². The number of nitrogens with zero attached hydrogens (tertiary/aromatic N) is 6. The van der Waals surface area contributed by atoms with E-state index in [1.165, 1.54) is 17.7 Å². The van der Waals surface area contributed by atoms with Gasteiger partial charge in [0.05, 0.1) is 0 Å². The van der Waals surface area contributed by atoms with E-state index in [0.717, 1.165) is 49.5 Å². The number of allylic oxidation sites excluding steroid dienone is 4. The lowest BCUT2D eigenvalue weighted by Crippen LogP contribution is -2.45. The van der Waals surface area contributed by atoms with E-state index in [9.17, 15) is 14.0 Å². The smallest absolute Gasteiger partial charge is 0.332 e. The van der Waals surface area contributed by atoms with Crippen LogP contribution in [0.25, 0.3) is 11.2 Å². The Kier molecular flexibility index (Phi) is 6.36. The van der Waals surface area contributed by atoms with E-state index in [1.807, 2.05) is 17.6 Å². The standard InChI is InChI=1S/C14H22N6O2.C6H7F/c1-5-20-10-11(17(3)14(22)18(4)12(10)21)15-13(20)19-8-6-16(2)7-9-19;7-6-4-2-1-3-5-6/h5-9H2,1-4H3;2,4-5H,1,3H2. The minimum Gasteiger partial charge on any atom is -0.340 e. The number of halogens is 1. The third kappa shape index (κ3) is 4.19. The first-order valence-electron chi connectivity index (χ1n) is 9.97. The van der Waals surface area contributed by atoms with Gasteiger partial charge in [-0.05, 0) is 39.0 Å². The normalized spacial score (nSPS) is 17.3. The maximum Gasteiger partial charge on any atom is 0.332 e. The zero-order valence-electron chi connectivity index (χ0n) is 17.6. The molecule has 0 radical (unpaired) electrons. The molecule has 0 unspecified atom stereocenters. The Bertz CT molecular complexity index is 1050. The number of hydrogen-bond donors (Lipinski definition) is 0. The van der Waals surface area contributed by atoms with Crippen molar-refractivity contribution < 1.29 is 4.39 Å². The second kappa shape index (κ2) is 8.77. The number of piperazine rings is 1. The van der Waals surface area contributed by atoms with E-state index in [4.69, 9.17) is 0 Å². The first kappa shape index (κ1) is 21.0. The SMILES string of the molecule is CCn1c(N2CCN(C)CC2)nc2c1c(=O)n(C)c(=O)n2C.FC1=CCCC=C1. The molecule has 29 heavy (non-hydrogen) atoms. The minimum absolute atomic E-state index is 0.0914. The van der Waals surface area contributed by atoms with Gasteiger partial charge in [-0.1, -0.05) is 6.08 Å². The lowest BCUT2D eigenvalue weighted by Gasteiger charge is -2.33. The molecule has 1 fully saturated rings. The summed E-state index contributed by atoms with van der Waals surface area (Å²) in [5.74, 6) is 0.690. The first-order valence-corrected chi connectivity index (χ1v) is 9.97. The van der Waals surface area contributed by atoms with Crippen LogP contribution in [0.3, 0.4) is 0 Å². The Hall–Kier alpha value is -2.68. The van der Waals surface area contributed by atoms with Gasteiger partial charge < -0.3 is 14.4 Å². The molecule has 158 valence electrons. The fourth-order valence-corrected chi connectivity index (χ4v) is 3.56. The molecule has 1 aliphatic carbocycles. The van der Waals surface area contributed by atoms with Gasteiger partial charge in [-0.3, -0.25) is 13.9 Å². The van der Waals surface area contributed by atoms with Gasteiger partial charge >= 0.3 is 5.69 Å². The van der Waals surface area contributed by atoms with Crippen molar-refractivity contribution in [3.63, 3.8) is 0 Å². The maximum atomic E-state index is 12.5. The third-order valence-electron chi connectivity index (χ3n) is 5.38. The second-order valence-electron chi connectivity index (χ2n) is 7.39. The average molecular weight is 404 g/mol. The van der Waals surface area contributed by atoms with Gasteiger partial charge in [0.25, 0.3) is 5.56 Å². The predicted octanol–water partition coefficient (Wildman–Crippen LogP) is 1.40. The molecule has 8 nitrogen and oxygen atoms in total. The topological polar surface area (TPSA) is 68.3 Å². The van der Waals surface area contributed by atoms with E-state index < -0.39 is 0 Å². The van der Waals surface area contributed by atoms with E-state index in [-0.39, 0.29) is 17.1 Å². The highest BCUT2D eigenvalue weighted by atomic mass is 19.1. The molecule has 0 amide bonds. The van der Waals surface area contributed by atoms with Crippen LogP contribution < -0.4 is 16.1 Å². The first-order chi connectivity index (χ1) is 13.8. The zero-order chi connectivity index (χ0) is 21.1. The van der Waals surface area contributed by atoms with Crippen molar-refractivity contribution in [2.75, 3.05) is 38.1 Å². The van der Waals surface area contributed by atoms with Crippen LogP contribution in [0.2, 0.25) is 0 Å². The summed E-state index contributed by atoms with van der Waals surface area (Å²) in [7, 11) is 5.26. The summed E-state index contributed by atoms with van der Waals surface area (Å²) in [4.78, 5) is 33.6. The van der Waals surface area contributed by atoms with Gasteiger partial charge in [-0.15, -0.1) is 0 Å². The number of hydrogen-bond acceptors (Lipinski definition) is 5. The molecule has 0 spiro atoms. The summed E-state index contributed by atoms with van der Waals surface area (Å²) < 4.78 is 16.5. The highest BCUT2D eigenvalue weighted by Crippen LogP contribution is 2.20. The molecular formula is C20H29FN6O2. The average Bonchev–Trinajstić information content (AvgIpc) is 3.12. The van der Waals surface area contributed by atoms with Gasteiger partial charge in [0.2, 0.25) is 5.95 Å². The van der Waals surface area contributed by atoms with Crippen molar-refractivity contribution in [2.24, 2.45) is 14.1 Å². The summed E-state index contributed by atoms with van der Waals surface area (Å²) in [5.41, 5.74) is 0.334. The lowest BCUT2D eigenvalue weighted by molar-refractivity contribution is 0.310. The van der Waals surface area contributed by atoms with Crippen LogP contribution in [-0.4, -0.2) is 56.8 Å². The van der Waals surface area contributed by atoms with Crippen molar-refractivity contribution in [3.05, 3.63) is 44.9 Å². The van der Waals surface area contributed by atoms with Crippen LogP contribution in [0.1, 0.15) is 19.8 Å². The Balaban J connectivity index is 0.000000290. The van der Waals surface area contributed by atoms with Gasteiger partial charge in [-0.25, -0.2) is 9.18 Å². The van der Waals surface area contributed by atoms with E-state index in [1.54, 1.807) is 13.1 Å². The van der Waals surface area contributed by atoms with Crippen molar-refractivity contribution >= 4 is 17.1 Å². The maximum absolute atomic E-state index is 12.5. The van der Waals surface area contributed by atoms with E-state index in [0.29, 0.717) is 17.7 Å². The largest absolute Gasteiger partial charge is 0.340 e. The molecule has 0 atom stereocenters. The van der Waals surface area contributed by atoms with Gasteiger partial charge in [0.1, 0.15) is 5.83 Å². The van der Waals surface area contributed by atoms with Crippen LogP contribution in [0.5, 0.6) is 0 Å². The number of rotatable bonds is 2. The summed E-state index contributed by atoms with van der Waals surface area (Å²) >= 11 is 0. The fraction of sp³-hybridized carbons (Fsp3) is 0.550. The minimum atomic E-state index is -0.344. The number of aryl methyl sites for hydroxylation is 2. The molecule has 3 heterocycles. The quantitative estimate of drug-likeness (QED) is 0.757. The molecule has 4 rings (SSSR count). The molecule has 2 aliphatic rings. The molecular weight excluding hydrogens is 375 g/mol. The summed E-state index contributed by atoms with van der Waals surface area (Å²) in [6.45, 7) is 6.30. The van der Waals surface area contributed by atoms with E-state index in [2.05, 4.69) is 21.8 Å². The van der Waals surface area contributed by atoms with Gasteiger partial charge in [-0.2, -0.15) is 4.98 Å². The van der Waals surface area contributed by atoms with Crippen LogP contribution in [0.15, 0.2) is 33.6 Å². The summed E-state index contributed by atoms with van der Waals surface area (Å²) in [6.07, 6.45) is 6.80. The van der Waals surface area contributed by atoms with Crippen molar-refractivity contribution in [3.8, 4) is 0 Å². The zero-order valence-corrected chi connectivity index (χ0v) is 17.6. The monoisotopic (exact) mass is 404 g/mol. The molecule has 1 saturated heterocycles. The number of anilines is 1.